The quantitative estimate of drug-likeness (QED) is 0.547. The molecule has 3 unspecified atom stereocenters. The molecule has 1 saturated carbocycles. The van der Waals surface area contributed by atoms with Gasteiger partial charge in [0.15, 0.2) is 12.1 Å². The summed E-state index contributed by atoms with van der Waals surface area (Å²) in [5, 5.41) is 0. The third kappa shape index (κ3) is 2.66. The molecular weight excluding hydrogens is 224 g/mol. The third-order valence-electron chi connectivity index (χ3n) is 3.32. The second-order valence-corrected chi connectivity index (χ2v) is 4.56. The maximum absolute atomic E-state index is 11.7. The van der Waals surface area contributed by atoms with Crippen LogP contribution in [0.25, 0.3) is 0 Å². The van der Waals surface area contributed by atoms with Gasteiger partial charge in [0.25, 0.3) is 0 Å². The van der Waals surface area contributed by atoms with Gasteiger partial charge in [0, 0.05) is 12.8 Å². The summed E-state index contributed by atoms with van der Waals surface area (Å²) < 4.78 is 16.2. The first kappa shape index (κ1) is 12.5. The SMILES string of the molecule is CCOC(=O)C1CCCC2(C1)OCC(C=O)O2. The van der Waals surface area contributed by atoms with Gasteiger partial charge in [0.05, 0.1) is 19.1 Å². The lowest BCUT2D eigenvalue weighted by Crippen LogP contribution is -2.40. The Labute approximate surface area is 100 Å². The number of aldehydes is 1. The maximum Gasteiger partial charge on any atom is 0.309 e. The van der Waals surface area contributed by atoms with Crippen molar-refractivity contribution in [3.05, 3.63) is 0 Å². The third-order valence-corrected chi connectivity index (χ3v) is 3.32. The fraction of sp³-hybridized carbons (Fsp3) is 0.833. The highest BCUT2D eigenvalue weighted by atomic mass is 16.7. The molecule has 1 spiro atoms. The van der Waals surface area contributed by atoms with E-state index < -0.39 is 11.9 Å². The van der Waals surface area contributed by atoms with Crippen LogP contribution in [0.15, 0.2) is 0 Å². The van der Waals surface area contributed by atoms with Crippen LogP contribution >= 0.6 is 0 Å². The molecule has 3 atom stereocenters. The van der Waals surface area contributed by atoms with Crippen LogP contribution in [0.5, 0.6) is 0 Å². The molecule has 1 aliphatic heterocycles. The van der Waals surface area contributed by atoms with E-state index in [0.717, 1.165) is 25.5 Å². The summed E-state index contributed by atoms with van der Waals surface area (Å²) in [6.07, 6.45) is 3.16. The second-order valence-electron chi connectivity index (χ2n) is 4.56. The molecule has 2 aliphatic rings. The standard InChI is InChI=1S/C12H18O5/c1-2-15-11(14)9-4-3-5-12(6-9)16-8-10(7-13)17-12/h7,9-10H,2-6,8H2,1H3. The minimum atomic E-state index is -0.735. The van der Waals surface area contributed by atoms with Crippen LogP contribution in [0.4, 0.5) is 0 Å². The number of esters is 1. The Kier molecular flexibility index (Phi) is 3.79. The van der Waals surface area contributed by atoms with Crippen molar-refractivity contribution < 1.29 is 23.8 Å². The van der Waals surface area contributed by atoms with Crippen LogP contribution in [0, 0.1) is 5.92 Å². The van der Waals surface area contributed by atoms with Crippen molar-refractivity contribution in [1.29, 1.82) is 0 Å². The minimum Gasteiger partial charge on any atom is -0.466 e. The number of carbonyl (C=O) groups excluding carboxylic acids is 2. The van der Waals surface area contributed by atoms with Gasteiger partial charge in [-0.3, -0.25) is 4.79 Å². The van der Waals surface area contributed by atoms with Crippen LogP contribution < -0.4 is 0 Å². The molecule has 0 radical (unpaired) electrons. The number of carbonyl (C=O) groups is 2. The largest absolute Gasteiger partial charge is 0.466 e. The van der Waals surface area contributed by atoms with E-state index in [4.69, 9.17) is 14.2 Å². The monoisotopic (exact) mass is 242 g/mol. The van der Waals surface area contributed by atoms with Gasteiger partial charge in [-0.15, -0.1) is 0 Å². The summed E-state index contributed by atoms with van der Waals surface area (Å²) in [6.45, 7) is 2.47. The first-order valence-corrected chi connectivity index (χ1v) is 6.13. The Morgan fingerprint density at radius 2 is 2.41 bits per heavy atom. The Bertz CT molecular complexity index is 303. The zero-order chi connectivity index (χ0) is 12.3. The summed E-state index contributed by atoms with van der Waals surface area (Å²) in [4.78, 5) is 22.3. The Hall–Kier alpha value is -0.940. The van der Waals surface area contributed by atoms with E-state index in [9.17, 15) is 9.59 Å². The van der Waals surface area contributed by atoms with E-state index in [0.29, 0.717) is 19.6 Å². The summed E-state index contributed by atoms with van der Waals surface area (Å²) in [5.74, 6) is -1.09. The van der Waals surface area contributed by atoms with Crippen molar-refractivity contribution in [3.63, 3.8) is 0 Å². The molecular formula is C12H18O5. The average molecular weight is 242 g/mol. The minimum absolute atomic E-state index is 0.172. The molecule has 0 N–H and O–H groups in total. The zero-order valence-electron chi connectivity index (χ0n) is 10.0. The van der Waals surface area contributed by atoms with Crippen molar-refractivity contribution in [2.24, 2.45) is 5.92 Å². The van der Waals surface area contributed by atoms with E-state index in [1.54, 1.807) is 6.92 Å². The van der Waals surface area contributed by atoms with Crippen molar-refractivity contribution in [1.82, 2.24) is 0 Å². The van der Waals surface area contributed by atoms with Crippen LogP contribution in [0.3, 0.4) is 0 Å². The van der Waals surface area contributed by atoms with Gasteiger partial charge in [-0.1, -0.05) is 0 Å². The smallest absolute Gasteiger partial charge is 0.309 e. The van der Waals surface area contributed by atoms with Gasteiger partial charge in [-0.2, -0.15) is 0 Å². The molecule has 0 aromatic heterocycles. The van der Waals surface area contributed by atoms with E-state index >= 15 is 0 Å². The fourth-order valence-electron chi connectivity index (χ4n) is 2.54. The van der Waals surface area contributed by atoms with Crippen molar-refractivity contribution >= 4 is 12.3 Å². The molecule has 2 fully saturated rings. The Morgan fingerprint density at radius 3 is 3.06 bits per heavy atom. The number of hydrogen-bond donors (Lipinski definition) is 0. The highest BCUT2D eigenvalue weighted by molar-refractivity contribution is 5.72. The lowest BCUT2D eigenvalue weighted by Gasteiger charge is -2.35. The molecule has 96 valence electrons. The first-order chi connectivity index (χ1) is 8.19. The molecule has 2 rings (SSSR count). The molecule has 1 heterocycles. The van der Waals surface area contributed by atoms with Crippen LogP contribution in [0.1, 0.15) is 32.6 Å². The van der Waals surface area contributed by atoms with Gasteiger partial charge < -0.3 is 19.0 Å². The van der Waals surface area contributed by atoms with Gasteiger partial charge in [0.2, 0.25) is 0 Å². The first-order valence-electron chi connectivity index (χ1n) is 6.13. The number of hydrogen-bond acceptors (Lipinski definition) is 5. The van der Waals surface area contributed by atoms with E-state index in [1.165, 1.54) is 0 Å². The molecule has 0 aromatic rings. The molecule has 1 saturated heterocycles. The van der Waals surface area contributed by atoms with Crippen molar-refractivity contribution in [2.75, 3.05) is 13.2 Å². The predicted molar refractivity (Wildman–Crippen MR) is 58.2 cm³/mol. The van der Waals surface area contributed by atoms with Crippen LogP contribution in [0.2, 0.25) is 0 Å². The Balaban J connectivity index is 1.97. The second kappa shape index (κ2) is 5.14. The fourth-order valence-corrected chi connectivity index (χ4v) is 2.54. The molecule has 17 heavy (non-hydrogen) atoms. The lowest BCUT2D eigenvalue weighted by molar-refractivity contribution is -0.201. The Morgan fingerprint density at radius 1 is 1.59 bits per heavy atom. The van der Waals surface area contributed by atoms with Crippen LogP contribution in [-0.4, -0.2) is 37.4 Å². The lowest BCUT2D eigenvalue weighted by atomic mass is 9.84. The van der Waals surface area contributed by atoms with E-state index in [1.807, 2.05) is 0 Å². The normalized spacial score (nSPS) is 37.0. The van der Waals surface area contributed by atoms with Gasteiger partial charge in [-0.05, 0) is 19.8 Å². The van der Waals surface area contributed by atoms with Crippen molar-refractivity contribution in [2.45, 2.75) is 44.5 Å². The van der Waals surface area contributed by atoms with Crippen molar-refractivity contribution in [3.8, 4) is 0 Å². The zero-order valence-corrected chi connectivity index (χ0v) is 10.0. The van der Waals surface area contributed by atoms with E-state index in [2.05, 4.69) is 0 Å². The molecule has 1 aliphatic carbocycles. The highest BCUT2D eigenvalue weighted by Gasteiger charge is 2.46. The maximum atomic E-state index is 11.7. The summed E-state index contributed by atoms with van der Waals surface area (Å²) in [7, 11) is 0. The van der Waals surface area contributed by atoms with Gasteiger partial charge in [-0.25, -0.2) is 0 Å². The van der Waals surface area contributed by atoms with E-state index in [-0.39, 0.29) is 11.9 Å². The summed E-state index contributed by atoms with van der Waals surface area (Å²) in [6, 6.07) is 0. The number of ether oxygens (including phenoxy) is 3. The molecule has 0 bridgehead atoms. The summed E-state index contributed by atoms with van der Waals surface area (Å²) >= 11 is 0. The molecule has 5 heteroatoms. The van der Waals surface area contributed by atoms with Crippen LogP contribution in [-0.2, 0) is 23.8 Å². The van der Waals surface area contributed by atoms with Gasteiger partial charge >= 0.3 is 5.97 Å². The molecule has 0 aromatic carbocycles. The van der Waals surface area contributed by atoms with Gasteiger partial charge in [0.1, 0.15) is 6.10 Å². The number of rotatable bonds is 3. The molecule has 0 amide bonds. The molecule has 5 nitrogen and oxygen atoms in total. The highest BCUT2D eigenvalue weighted by Crippen LogP contribution is 2.40. The predicted octanol–water partition coefficient (Wildman–Crippen LogP) is 1.05. The average Bonchev–Trinajstić information content (AvgIpc) is 2.73. The summed E-state index contributed by atoms with van der Waals surface area (Å²) in [5.41, 5.74) is 0. The topological polar surface area (TPSA) is 61.8 Å².